The SMILES string of the molecule is COc1ccc(Cl)cc1NC(=O)c1c(C)nc2c(Cl)cc(Cl)cn12. The smallest absolute Gasteiger partial charge is 0.274 e. The molecule has 1 aromatic carbocycles. The van der Waals surface area contributed by atoms with Gasteiger partial charge < -0.3 is 10.1 Å². The molecular formula is C16H12Cl3N3O2. The van der Waals surface area contributed by atoms with E-state index >= 15 is 0 Å². The number of nitrogens with one attached hydrogen (secondary N) is 1. The van der Waals surface area contributed by atoms with Crippen LogP contribution in [0.3, 0.4) is 0 Å². The molecule has 0 radical (unpaired) electrons. The highest BCUT2D eigenvalue weighted by Gasteiger charge is 2.20. The zero-order chi connectivity index (χ0) is 17.4. The number of carbonyl (C=O) groups is 1. The summed E-state index contributed by atoms with van der Waals surface area (Å²) in [5.74, 6) is 0.120. The lowest BCUT2D eigenvalue weighted by Gasteiger charge is -2.11. The minimum absolute atomic E-state index is 0.330. The van der Waals surface area contributed by atoms with Gasteiger partial charge in [0, 0.05) is 11.2 Å². The fourth-order valence-corrected chi connectivity index (χ4v) is 3.10. The maximum Gasteiger partial charge on any atom is 0.274 e. The van der Waals surface area contributed by atoms with Crippen LogP contribution in [0.4, 0.5) is 5.69 Å². The molecule has 2 heterocycles. The van der Waals surface area contributed by atoms with Crippen molar-refractivity contribution in [2.24, 2.45) is 0 Å². The van der Waals surface area contributed by atoms with Gasteiger partial charge in [-0.3, -0.25) is 9.20 Å². The van der Waals surface area contributed by atoms with Crippen molar-refractivity contribution in [2.45, 2.75) is 6.92 Å². The van der Waals surface area contributed by atoms with E-state index in [-0.39, 0.29) is 5.91 Å². The van der Waals surface area contributed by atoms with E-state index in [1.165, 1.54) is 7.11 Å². The zero-order valence-corrected chi connectivity index (χ0v) is 15.0. The number of imidazole rings is 1. The molecule has 5 nitrogen and oxygen atoms in total. The normalized spacial score (nSPS) is 10.9. The Morgan fingerprint density at radius 3 is 2.67 bits per heavy atom. The molecule has 1 N–H and O–H groups in total. The molecule has 0 aliphatic rings. The van der Waals surface area contributed by atoms with Crippen LogP contribution in [0.15, 0.2) is 30.5 Å². The van der Waals surface area contributed by atoms with Crippen molar-refractivity contribution in [3.63, 3.8) is 0 Å². The topological polar surface area (TPSA) is 55.6 Å². The van der Waals surface area contributed by atoms with Crippen LogP contribution >= 0.6 is 34.8 Å². The van der Waals surface area contributed by atoms with Crippen molar-refractivity contribution in [3.8, 4) is 5.75 Å². The minimum Gasteiger partial charge on any atom is -0.495 e. The number of aryl methyl sites for hydroxylation is 1. The quantitative estimate of drug-likeness (QED) is 0.701. The van der Waals surface area contributed by atoms with E-state index in [1.54, 1.807) is 41.8 Å². The van der Waals surface area contributed by atoms with E-state index in [9.17, 15) is 4.79 Å². The first kappa shape index (κ1) is 16.9. The summed E-state index contributed by atoms with van der Waals surface area (Å²) in [7, 11) is 1.51. The molecule has 8 heteroatoms. The number of anilines is 1. The highest BCUT2D eigenvalue weighted by atomic mass is 35.5. The third-order valence-electron chi connectivity index (χ3n) is 3.44. The number of methoxy groups -OCH3 is 1. The Hall–Kier alpha value is -1.95. The predicted molar refractivity (Wildman–Crippen MR) is 95.9 cm³/mol. The Kier molecular flexibility index (Phi) is 4.58. The first-order valence-corrected chi connectivity index (χ1v) is 8.02. The van der Waals surface area contributed by atoms with Crippen molar-refractivity contribution in [1.29, 1.82) is 0 Å². The lowest BCUT2D eigenvalue weighted by molar-refractivity contribution is 0.102. The molecule has 1 amide bonds. The van der Waals surface area contributed by atoms with Crippen LogP contribution in [0, 0.1) is 6.92 Å². The summed E-state index contributed by atoms with van der Waals surface area (Å²) >= 11 is 18.2. The molecule has 0 saturated carbocycles. The number of benzene rings is 1. The molecule has 0 atom stereocenters. The second-order valence-corrected chi connectivity index (χ2v) is 6.32. The van der Waals surface area contributed by atoms with Crippen molar-refractivity contribution in [1.82, 2.24) is 9.38 Å². The number of hydrogen-bond acceptors (Lipinski definition) is 3. The Morgan fingerprint density at radius 1 is 1.21 bits per heavy atom. The Morgan fingerprint density at radius 2 is 1.96 bits per heavy atom. The number of carbonyl (C=O) groups excluding carboxylic acids is 1. The first-order chi connectivity index (χ1) is 11.4. The highest BCUT2D eigenvalue weighted by Crippen LogP contribution is 2.29. The second kappa shape index (κ2) is 6.51. The van der Waals surface area contributed by atoms with Crippen LogP contribution in [0.25, 0.3) is 5.65 Å². The molecule has 0 aliphatic carbocycles. The monoisotopic (exact) mass is 383 g/mol. The molecule has 24 heavy (non-hydrogen) atoms. The molecule has 0 unspecified atom stereocenters. The molecule has 0 aliphatic heterocycles. The van der Waals surface area contributed by atoms with Crippen LogP contribution in [-0.4, -0.2) is 22.4 Å². The summed E-state index contributed by atoms with van der Waals surface area (Å²) in [5, 5.41) is 4.03. The standard InChI is InChI=1S/C16H12Cl3N3O2/c1-8-14(22-7-10(18)5-11(19)15(22)20-8)16(23)21-12-6-9(17)3-4-13(12)24-2/h3-7H,1-2H3,(H,21,23). The van der Waals surface area contributed by atoms with Gasteiger partial charge in [0.25, 0.3) is 5.91 Å². The molecule has 3 aromatic rings. The number of halogens is 3. The maximum absolute atomic E-state index is 12.8. The van der Waals surface area contributed by atoms with E-state index in [0.29, 0.717) is 43.5 Å². The Bertz CT molecular complexity index is 953. The fraction of sp³-hybridized carbons (Fsp3) is 0.125. The molecule has 0 fully saturated rings. The zero-order valence-electron chi connectivity index (χ0n) is 12.7. The third kappa shape index (κ3) is 3.02. The van der Waals surface area contributed by atoms with E-state index in [0.717, 1.165) is 0 Å². The van der Waals surface area contributed by atoms with Gasteiger partial charge in [-0.25, -0.2) is 4.98 Å². The maximum atomic E-state index is 12.8. The van der Waals surface area contributed by atoms with Crippen molar-refractivity contribution >= 4 is 52.0 Å². The number of amides is 1. The van der Waals surface area contributed by atoms with Gasteiger partial charge in [0.15, 0.2) is 5.65 Å². The largest absolute Gasteiger partial charge is 0.495 e. The van der Waals surface area contributed by atoms with Crippen LogP contribution < -0.4 is 10.1 Å². The average Bonchev–Trinajstić information content (AvgIpc) is 2.84. The van der Waals surface area contributed by atoms with Gasteiger partial charge in [-0.05, 0) is 31.2 Å². The fourth-order valence-electron chi connectivity index (χ4n) is 2.42. The molecule has 0 bridgehead atoms. The van der Waals surface area contributed by atoms with Gasteiger partial charge >= 0.3 is 0 Å². The lowest BCUT2D eigenvalue weighted by atomic mass is 10.2. The summed E-state index contributed by atoms with van der Waals surface area (Å²) in [4.78, 5) is 17.1. The molecule has 0 saturated heterocycles. The van der Waals surface area contributed by atoms with Crippen molar-refractivity contribution < 1.29 is 9.53 Å². The van der Waals surface area contributed by atoms with Gasteiger partial charge in [0.05, 0.1) is 28.5 Å². The summed E-state index contributed by atoms with van der Waals surface area (Å²) < 4.78 is 6.80. The minimum atomic E-state index is -0.376. The molecule has 3 rings (SSSR count). The Labute approximate surface area is 153 Å². The predicted octanol–water partition coefficient (Wildman–Crippen LogP) is 4.86. The molecule has 2 aromatic heterocycles. The number of pyridine rings is 1. The molecular weight excluding hydrogens is 373 g/mol. The lowest BCUT2D eigenvalue weighted by Crippen LogP contribution is -2.16. The van der Waals surface area contributed by atoms with E-state index < -0.39 is 0 Å². The van der Waals surface area contributed by atoms with E-state index in [4.69, 9.17) is 39.5 Å². The third-order valence-corrected chi connectivity index (χ3v) is 4.16. The van der Waals surface area contributed by atoms with Gasteiger partial charge in [-0.15, -0.1) is 0 Å². The second-order valence-electron chi connectivity index (χ2n) is 5.04. The Balaban J connectivity index is 2.07. The molecule has 124 valence electrons. The van der Waals surface area contributed by atoms with Crippen molar-refractivity contribution in [2.75, 3.05) is 12.4 Å². The van der Waals surface area contributed by atoms with Gasteiger partial charge in [0.2, 0.25) is 0 Å². The van der Waals surface area contributed by atoms with E-state index in [2.05, 4.69) is 10.3 Å². The van der Waals surface area contributed by atoms with Gasteiger partial charge in [-0.2, -0.15) is 0 Å². The van der Waals surface area contributed by atoms with Gasteiger partial charge in [-0.1, -0.05) is 34.8 Å². The molecule has 0 spiro atoms. The average molecular weight is 385 g/mol. The summed E-state index contributed by atoms with van der Waals surface area (Å²) in [5.41, 5.74) is 1.77. The number of fused-ring (bicyclic) bond motifs is 1. The number of ether oxygens (including phenoxy) is 1. The van der Waals surface area contributed by atoms with Crippen LogP contribution in [0.1, 0.15) is 16.2 Å². The first-order valence-electron chi connectivity index (χ1n) is 6.89. The summed E-state index contributed by atoms with van der Waals surface area (Å²) in [6.07, 6.45) is 1.59. The van der Waals surface area contributed by atoms with Crippen molar-refractivity contribution in [3.05, 3.63) is 56.9 Å². The van der Waals surface area contributed by atoms with Crippen LogP contribution in [0.2, 0.25) is 15.1 Å². The van der Waals surface area contributed by atoms with Gasteiger partial charge in [0.1, 0.15) is 11.4 Å². The van der Waals surface area contributed by atoms with E-state index in [1.807, 2.05) is 0 Å². The van der Waals surface area contributed by atoms with Crippen LogP contribution in [0.5, 0.6) is 5.75 Å². The number of hydrogen-bond donors (Lipinski definition) is 1. The summed E-state index contributed by atoms with van der Waals surface area (Å²) in [6, 6.07) is 6.53. The number of rotatable bonds is 3. The highest BCUT2D eigenvalue weighted by molar-refractivity contribution is 6.36. The number of nitrogens with zero attached hydrogens (tertiary/aromatic N) is 2. The summed E-state index contributed by atoms with van der Waals surface area (Å²) in [6.45, 7) is 1.72. The number of aromatic nitrogens is 2. The van der Waals surface area contributed by atoms with Crippen LogP contribution in [-0.2, 0) is 0 Å².